The molecule has 1 aromatic heterocycles. The number of nitrogens with one attached hydrogen (secondary N) is 1. The van der Waals surface area contributed by atoms with Gasteiger partial charge in [0.25, 0.3) is 0 Å². The zero-order valence-electron chi connectivity index (χ0n) is 10.2. The topological polar surface area (TPSA) is 58.1 Å². The van der Waals surface area contributed by atoms with E-state index in [1.807, 2.05) is 42.2 Å². The molecule has 1 aromatic carbocycles. The Balaban J connectivity index is 2.17. The summed E-state index contributed by atoms with van der Waals surface area (Å²) in [6, 6.07) is 9.24. The number of halogens is 1. The molecule has 0 radical (unpaired) electrons. The van der Waals surface area contributed by atoms with Crippen LogP contribution in [0.4, 0.5) is 17.2 Å². The van der Waals surface area contributed by atoms with Gasteiger partial charge in [0.15, 0.2) is 5.82 Å². The van der Waals surface area contributed by atoms with E-state index in [-0.39, 0.29) is 17.2 Å². The molecular formula is C13H11ClN4O. The number of amides is 1. The van der Waals surface area contributed by atoms with Crippen LogP contribution in [-0.4, -0.2) is 21.9 Å². The average Bonchev–Trinajstić information content (AvgIpc) is 2.42. The largest absolute Gasteiger partial charge is 0.320 e. The number of carbonyl (C=O) groups excluding carboxylic acids is 1. The van der Waals surface area contributed by atoms with Crippen molar-refractivity contribution in [2.45, 2.75) is 13.0 Å². The molecule has 0 saturated carbocycles. The number of nitrogens with zero attached hydrogens (tertiary/aromatic N) is 3. The molecule has 2 aromatic rings. The van der Waals surface area contributed by atoms with Crippen LogP contribution in [0.3, 0.4) is 0 Å². The number of para-hydroxylation sites is 1. The predicted octanol–water partition coefficient (Wildman–Crippen LogP) is 2.61. The van der Waals surface area contributed by atoms with Crippen molar-refractivity contribution in [2.24, 2.45) is 0 Å². The predicted molar refractivity (Wildman–Crippen MR) is 73.7 cm³/mol. The van der Waals surface area contributed by atoms with Crippen molar-refractivity contribution in [2.75, 3.05) is 10.2 Å². The number of anilines is 3. The molecule has 19 heavy (non-hydrogen) atoms. The van der Waals surface area contributed by atoms with Crippen molar-refractivity contribution in [1.29, 1.82) is 0 Å². The van der Waals surface area contributed by atoms with Gasteiger partial charge in [0, 0.05) is 5.69 Å². The molecule has 1 atom stereocenters. The summed E-state index contributed by atoms with van der Waals surface area (Å²) in [6.45, 7) is 1.82. The molecule has 0 fully saturated rings. The van der Waals surface area contributed by atoms with E-state index in [0.717, 1.165) is 5.69 Å². The minimum absolute atomic E-state index is 0.0951. The van der Waals surface area contributed by atoms with Gasteiger partial charge in [-0.3, -0.25) is 4.79 Å². The Kier molecular flexibility index (Phi) is 2.83. The molecule has 0 bridgehead atoms. The summed E-state index contributed by atoms with van der Waals surface area (Å²) < 4.78 is 0. The highest BCUT2D eigenvalue weighted by Gasteiger charge is 2.32. The fourth-order valence-electron chi connectivity index (χ4n) is 2.10. The molecule has 1 unspecified atom stereocenters. The summed E-state index contributed by atoms with van der Waals surface area (Å²) in [5.41, 5.74) is 1.46. The normalized spacial score (nSPS) is 17.9. The summed E-state index contributed by atoms with van der Waals surface area (Å²) in [7, 11) is 0. The summed E-state index contributed by atoms with van der Waals surface area (Å²) in [6.07, 6.45) is 1.52. The van der Waals surface area contributed by atoms with Crippen LogP contribution < -0.4 is 10.2 Å². The van der Waals surface area contributed by atoms with Crippen molar-refractivity contribution in [3.05, 3.63) is 41.8 Å². The molecule has 96 valence electrons. The van der Waals surface area contributed by atoms with Gasteiger partial charge in [-0.1, -0.05) is 18.2 Å². The first kappa shape index (κ1) is 11.9. The standard InChI is InChI=1S/C13H11ClN4O/c1-8-12(19)16-10-7-15-13(14)17-11(10)18(8)9-5-3-2-4-6-9/h2-8H,1H3,(H,16,19). The quantitative estimate of drug-likeness (QED) is 0.812. The molecular weight excluding hydrogens is 264 g/mol. The minimum Gasteiger partial charge on any atom is -0.320 e. The van der Waals surface area contributed by atoms with Crippen molar-refractivity contribution in [1.82, 2.24) is 9.97 Å². The van der Waals surface area contributed by atoms with Gasteiger partial charge >= 0.3 is 0 Å². The Morgan fingerprint density at radius 1 is 1.32 bits per heavy atom. The molecule has 0 saturated heterocycles. The van der Waals surface area contributed by atoms with Crippen molar-refractivity contribution in [3.63, 3.8) is 0 Å². The third kappa shape index (κ3) is 2.02. The van der Waals surface area contributed by atoms with Crippen LogP contribution >= 0.6 is 11.6 Å². The third-order valence-corrected chi connectivity index (χ3v) is 3.21. The SMILES string of the molecule is CC1C(=O)Nc2cnc(Cl)nc2N1c1ccccc1. The van der Waals surface area contributed by atoms with Gasteiger partial charge in [0.1, 0.15) is 11.7 Å². The summed E-state index contributed by atoms with van der Waals surface area (Å²) in [4.78, 5) is 21.9. The van der Waals surface area contributed by atoms with Gasteiger partial charge in [-0.2, -0.15) is 4.98 Å². The highest BCUT2D eigenvalue weighted by molar-refractivity contribution is 6.28. The van der Waals surface area contributed by atoms with Crippen LogP contribution in [0.25, 0.3) is 0 Å². The Labute approximate surface area is 115 Å². The highest BCUT2D eigenvalue weighted by atomic mass is 35.5. The molecule has 2 heterocycles. The Morgan fingerprint density at radius 2 is 2.05 bits per heavy atom. The maximum Gasteiger partial charge on any atom is 0.247 e. The van der Waals surface area contributed by atoms with Crippen LogP contribution in [0.1, 0.15) is 6.92 Å². The lowest BCUT2D eigenvalue weighted by Crippen LogP contribution is -2.44. The van der Waals surface area contributed by atoms with Crippen LogP contribution in [0.5, 0.6) is 0 Å². The van der Waals surface area contributed by atoms with E-state index in [1.165, 1.54) is 6.20 Å². The molecule has 1 N–H and O–H groups in total. The number of rotatable bonds is 1. The van der Waals surface area contributed by atoms with E-state index in [0.29, 0.717) is 11.5 Å². The van der Waals surface area contributed by atoms with Gasteiger partial charge in [-0.05, 0) is 30.7 Å². The number of carbonyl (C=O) groups is 1. The molecule has 0 spiro atoms. The lowest BCUT2D eigenvalue weighted by Gasteiger charge is -2.34. The van der Waals surface area contributed by atoms with Crippen LogP contribution in [0.2, 0.25) is 5.28 Å². The second-order valence-electron chi connectivity index (χ2n) is 4.25. The molecule has 0 aliphatic carbocycles. The zero-order chi connectivity index (χ0) is 13.4. The van der Waals surface area contributed by atoms with E-state index in [4.69, 9.17) is 11.6 Å². The fourth-order valence-corrected chi connectivity index (χ4v) is 2.23. The van der Waals surface area contributed by atoms with Crippen LogP contribution in [0.15, 0.2) is 36.5 Å². The minimum atomic E-state index is -0.360. The Hall–Kier alpha value is -2.14. The Morgan fingerprint density at radius 3 is 2.79 bits per heavy atom. The van der Waals surface area contributed by atoms with Crippen LogP contribution in [-0.2, 0) is 4.79 Å². The zero-order valence-corrected chi connectivity index (χ0v) is 10.9. The van der Waals surface area contributed by atoms with Gasteiger partial charge in [0.2, 0.25) is 11.2 Å². The second kappa shape index (κ2) is 4.51. The molecule has 6 heteroatoms. The average molecular weight is 275 g/mol. The monoisotopic (exact) mass is 274 g/mol. The van der Waals surface area contributed by atoms with E-state index in [1.54, 1.807) is 0 Å². The van der Waals surface area contributed by atoms with E-state index in [2.05, 4.69) is 15.3 Å². The molecule has 1 aliphatic rings. The lowest BCUT2D eigenvalue weighted by atomic mass is 10.1. The first-order valence-electron chi connectivity index (χ1n) is 5.84. The van der Waals surface area contributed by atoms with Gasteiger partial charge in [0.05, 0.1) is 6.20 Å². The van der Waals surface area contributed by atoms with E-state index >= 15 is 0 Å². The second-order valence-corrected chi connectivity index (χ2v) is 4.59. The number of fused-ring (bicyclic) bond motifs is 1. The van der Waals surface area contributed by atoms with E-state index in [9.17, 15) is 4.79 Å². The molecule has 1 amide bonds. The van der Waals surface area contributed by atoms with Crippen molar-refractivity contribution in [3.8, 4) is 0 Å². The number of hydrogen-bond acceptors (Lipinski definition) is 4. The summed E-state index contributed by atoms with van der Waals surface area (Å²) in [5, 5.41) is 2.93. The number of hydrogen-bond donors (Lipinski definition) is 1. The molecule has 1 aliphatic heterocycles. The first-order chi connectivity index (χ1) is 9.16. The van der Waals surface area contributed by atoms with Gasteiger partial charge in [-0.15, -0.1) is 0 Å². The highest BCUT2D eigenvalue weighted by Crippen LogP contribution is 2.35. The number of aromatic nitrogens is 2. The molecule has 3 rings (SSSR count). The molecule has 5 nitrogen and oxygen atoms in total. The summed E-state index contributed by atoms with van der Waals surface area (Å²) >= 11 is 5.85. The fraction of sp³-hybridized carbons (Fsp3) is 0.154. The van der Waals surface area contributed by atoms with Gasteiger partial charge in [-0.25, -0.2) is 4.98 Å². The van der Waals surface area contributed by atoms with Crippen LogP contribution in [0, 0.1) is 0 Å². The Bertz CT molecular complexity index is 632. The maximum absolute atomic E-state index is 12.0. The third-order valence-electron chi connectivity index (χ3n) is 3.03. The maximum atomic E-state index is 12.0. The van der Waals surface area contributed by atoms with E-state index < -0.39 is 0 Å². The van der Waals surface area contributed by atoms with Crippen molar-refractivity contribution >= 4 is 34.7 Å². The first-order valence-corrected chi connectivity index (χ1v) is 6.22. The smallest absolute Gasteiger partial charge is 0.247 e. The van der Waals surface area contributed by atoms with Crippen molar-refractivity contribution < 1.29 is 4.79 Å². The lowest BCUT2D eigenvalue weighted by molar-refractivity contribution is -0.117. The summed E-state index contributed by atoms with van der Waals surface area (Å²) in [5.74, 6) is 0.514. The van der Waals surface area contributed by atoms with Gasteiger partial charge < -0.3 is 10.2 Å². The number of benzene rings is 1.